The Hall–Kier alpha value is 0.550. The van der Waals surface area contributed by atoms with Crippen molar-refractivity contribution in [1.82, 2.24) is 5.32 Å². The molecule has 0 radical (unpaired) electrons. The second-order valence-electron chi connectivity index (χ2n) is 4.02. The van der Waals surface area contributed by atoms with Crippen LogP contribution >= 0.6 is 43.6 Å². The number of nitrogens with one attached hydrogen (secondary N) is 1. The van der Waals surface area contributed by atoms with Crippen molar-refractivity contribution in [3.8, 4) is 0 Å². The number of hydrogen-bond acceptors (Lipinski definition) is 3. The van der Waals surface area contributed by atoms with Crippen LogP contribution in [0.15, 0.2) is 19.6 Å². The average molecular weight is 369 g/mol. The molecule has 2 rings (SSSR count). The summed E-state index contributed by atoms with van der Waals surface area (Å²) in [4.78, 5) is 0. The first-order chi connectivity index (χ1) is 7.75. The van der Waals surface area contributed by atoms with Crippen LogP contribution in [-0.4, -0.2) is 18.1 Å². The number of halogens is 2. The summed E-state index contributed by atoms with van der Waals surface area (Å²) in [5, 5.41) is 3.47. The molecule has 0 atom stereocenters. The zero-order valence-electron chi connectivity index (χ0n) is 8.97. The molecule has 1 aliphatic heterocycles. The quantitative estimate of drug-likeness (QED) is 0.868. The zero-order chi connectivity index (χ0) is 11.4. The van der Waals surface area contributed by atoms with Crippen LogP contribution in [0.3, 0.4) is 0 Å². The van der Waals surface area contributed by atoms with E-state index in [-0.39, 0.29) is 0 Å². The maximum Gasteiger partial charge on any atom is 0.183 e. The van der Waals surface area contributed by atoms with Crippen LogP contribution in [0.1, 0.15) is 18.6 Å². The Bertz CT molecular complexity index is 317. The molecule has 1 aromatic rings. The lowest BCUT2D eigenvalue weighted by Crippen LogP contribution is -2.25. The lowest BCUT2D eigenvalue weighted by atomic mass is 10.0. The van der Waals surface area contributed by atoms with Gasteiger partial charge in [0.05, 0.1) is 11.0 Å². The van der Waals surface area contributed by atoms with Crippen molar-refractivity contribution in [2.24, 2.45) is 5.92 Å². The molecule has 1 aliphatic rings. The minimum atomic E-state index is 0.776. The van der Waals surface area contributed by atoms with E-state index in [1.807, 2.05) is 6.07 Å². The minimum absolute atomic E-state index is 0.776. The topological polar surface area (TPSA) is 25.2 Å². The SMILES string of the molecule is Brc1cc(CNCC2CCSCC2)oc1Br. The molecule has 1 saturated heterocycles. The van der Waals surface area contributed by atoms with Gasteiger partial charge >= 0.3 is 0 Å². The van der Waals surface area contributed by atoms with Crippen LogP contribution in [0, 0.1) is 5.92 Å². The van der Waals surface area contributed by atoms with Gasteiger partial charge in [-0.1, -0.05) is 0 Å². The molecule has 16 heavy (non-hydrogen) atoms. The molecule has 1 aromatic heterocycles. The Kier molecular flexibility index (Phi) is 5.26. The van der Waals surface area contributed by atoms with Gasteiger partial charge in [0.1, 0.15) is 5.76 Å². The Morgan fingerprint density at radius 2 is 2.12 bits per heavy atom. The molecule has 0 bridgehead atoms. The monoisotopic (exact) mass is 367 g/mol. The highest BCUT2D eigenvalue weighted by atomic mass is 79.9. The summed E-state index contributed by atoms with van der Waals surface area (Å²) in [7, 11) is 0. The summed E-state index contributed by atoms with van der Waals surface area (Å²) in [6.07, 6.45) is 2.70. The molecule has 2 nitrogen and oxygen atoms in total. The first-order valence-electron chi connectivity index (χ1n) is 5.48. The van der Waals surface area contributed by atoms with Crippen LogP contribution in [0.4, 0.5) is 0 Å². The molecule has 0 unspecified atom stereocenters. The van der Waals surface area contributed by atoms with Gasteiger partial charge in [0, 0.05) is 0 Å². The highest BCUT2D eigenvalue weighted by molar-refractivity contribution is 9.13. The van der Waals surface area contributed by atoms with Crippen molar-refractivity contribution in [1.29, 1.82) is 0 Å². The molecular formula is C11H15Br2NOS. The fourth-order valence-corrected chi connectivity index (χ4v) is 3.69. The third kappa shape index (κ3) is 3.79. The largest absolute Gasteiger partial charge is 0.452 e. The lowest BCUT2D eigenvalue weighted by molar-refractivity contribution is 0.416. The summed E-state index contributed by atoms with van der Waals surface area (Å²) in [6, 6.07) is 2.01. The van der Waals surface area contributed by atoms with Crippen molar-refractivity contribution in [3.05, 3.63) is 21.0 Å². The van der Waals surface area contributed by atoms with Gasteiger partial charge in [0.25, 0.3) is 0 Å². The van der Waals surface area contributed by atoms with E-state index in [9.17, 15) is 0 Å². The van der Waals surface area contributed by atoms with Crippen LogP contribution in [-0.2, 0) is 6.54 Å². The van der Waals surface area contributed by atoms with E-state index >= 15 is 0 Å². The molecule has 1 fully saturated rings. The fourth-order valence-electron chi connectivity index (χ4n) is 1.83. The molecule has 0 aliphatic carbocycles. The van der Waals surface area contributed by atoms with E-state index in [4.69, 9.17) is 4.42 Å². The number of furan rings is 1. The van der Waals surface area contributed by atoms with Crippen molar-refractivity contribution in [3.63, 3.8) is 0 Å². The van der Waals surface area contributed by atoms with Crippen LogP contribution < -0.4 is 5.32 Å². The van der Waals surface area contributed by atoms with Gasteiger partial charge in [-0.25, -0.2) is 0 Å². The predicted octanol–water partition coefficient (Wildman–Crippen LogP) is 4.04. The molecule has 90 valence electrons. The van der Waals surface area contributed by atoms with E-state index < -0.39 is 0 Å². The first kappa shape index (κ1) is 13.0. The summed E-state index contributed by atoms with van der Waals surface area (Å²) in [5.74, 6) is 4.47. The van der Waals surface area contributed by atoms with Crippen LogP contribution in [0.2, 0.25) is 0 Å². The fraction of sp³-hybridized carbons (Fsp3) is 0.636. The summed E-state index contributed by atoms with van der Waals surface area (Å²) >= 11 is 8.83. The highest BCUT2D eigenvalue weighted by Gasteiger charge is 2.13. The molecule has 0 spiro atoms. The van der Waals surface area contributed by atoms with Crippen LogP contribution in [0.25, 0.3) is 0 Å². The van der Waals surface area contributed by atoms with Gasteiger partial charge in [0.15, 0.2) is 4.67 Å². The van der Waals surface area contributed by atoms with Gasteiger partial charge in [-0.2, -0.15) is 11.8 Å². The van der Waals surface area contributed by atoms with Crippen molar-refractivity contribution in [2.75, 3.05) is 18.1 Å². The second kappa shape index (κ2) is 6.47. The highest BCUT2D eigenvalue weighted by Crippen LogP contribution is 2.27. The van der Waals surface area contributed by atoms with Gasteiger partial charge in [-0.15, -0.1) is 0 Å². The summed E-state index contributed by atoms with van der Waals surface area (Å²) < 4.78 is 7.27. The summed E-state index contributed by atoms with van der Waals surface area (Å²) in [6.45, 7) is 1.92. The summed E-state index contributed by atoms with van der Waals surface area (Å²) in [5.41, 5.74) is 0. The average Bonchev–Trinajstić information content (AvgIpc) is 2.60. The third-order valence-electron chi connectivity index (χ3n) is 2.77. The maximum atomic E-state index is 5.51. The van der Waals surface area contributed by atoms with Gasteiger partial charge in [0.2, 0.25) is 0 Å². The van der Waals surface area contributed by atoms with Crippen molar-refractivity contribution in [2.45, 2.75) is 19.4 Å². The first-order valence-corrected chi connectivity index (χ1v) is 8.22. The third-order valence-corrected chi connectivity index (χ3v) is 5.53. The number of thioether (sulfide) groups is 1. The Morgan fingerprint density at radius 1 is 1.38 bits per heavy atom. The molecule has 1 N–H and O–H groups in total. The zero-order valence-corrected chi connectivity index (χ0v) is 13.0. The van der Waals surface area contributed by atoms with Gasteiger partial charge in [-0.05, 0) is 74.7 Å². The Labute approximate surface area is 117 Å². The lowest BCUT2D eigenvalue weighted by Gasteiger charge is -2.21. The minimum Gasteiger partial charge on any atom is -0.452 e. The molecule has 5 heteroatoms. The predicted molar refractivity (Wildman–Crippen MR) is 75.9 cm³/mol. The maximum absolute atomic E-state index is 5.51. The standard InChI is InChI=1S/C11H15Br2NOS/c12-10-5-9(15-11(10)13)7-14-6-8-1-3-16-4-2-8/h5,8,14H,1-4,6-7H2. The van der Waals surface area contributed by atoms with E-state index in [1.54, 1.807) is 0 Å². The van der Waals surface area contributed by atoms with Crippen molar-refractivity contribution < 1.29 is 4.42 Å². The van der Waals surface area contributed by atoms with E-state index in [1.165, 1.54) is 24.3 Å². The van der Waals surface area contributed by atoms with Crippen LogP contribution in [0.5, 0.6) is 0 Å². The Morgan fingerprint density at radius 3 is 2.75 bits per heavy atom. The molecule has 2 heterocycles. The van der Waals surface area contributed by atoms with Gasteiger partial charge < -0.3 is 9.73 Å². The number of rotatable bonds is 4. The molecule has 0 aromatic carbocycles. The second-order valence-corrected chi connectivity index (χ2v) is 6.82. The number of hydrogen-bond donors (Lipinski definition) is 1. The van der Waals surface area contributed by atoms with E-state index in [0.29, 0.717) is 0 Å². The molecule has 0 amide bonds. The van der Waals surface area contributed by atoms with E-state index in [0.717, 1.165) is 33.9 Å². The normalized spacial score (nSPS) is 17.9. The molecular weight excluding hydrogens is 354 g/mol. The van der Waals surface area contributed by atoms with Gasteiger partial charge in [-0.3, -0.25) is 0 Å². The smallest absolute Gasteiger partial charge is 0.183 e. The van der Waals surface area contributed by atoms with Crippen molar-refractivity contribution >= 4 is 43.6 Å². The van der Waals surface area contributed by atoms with E-state index in [2.05, 4.69) is 48.9 Å². The molecule has 0 saturated carbocycles. The Balaban J connectivity index is 1.71.